The molecule has 0 unspecified atom stereocenters. The molecule has 1 aliphatic carbocycles. The molecule has 6 nitrogen and oxygen atoms in total. The number of nitrogens with zero attached hydrogens (tertiary/aromatic N) is 3. The number of carbonyl (C=O) groups is 1. The van der Waals surface area contributed by atoms with Crippen LogP contribution in [0.4, 0.5) is 0 Å². The van der Waals surface area contributed by atoms with Gasteiger partial charge in [0.15, 0.2) is 0 Å². The van der Waals surface area contributed by atoms with Crippen molar-refractivity contribution in [2.75, 3.05) is 32.9 Å². The molecular formula is C18H27N3O3. The molecule has 1 aromatic rings. The fourth-order valence-electron chi connectivity index (χ4n) is 4.03. The molecule has 2 aliphatic heterocycles. The Hall–Kier alpha value is -1.40. The highest BCUT2D eigenvalue weighted by Gasteiger charge is 2.48. The van der Waals surface area contributed by atoms with Gasteiger partial charge in [0.25, 0.3) is 0 Å². The maximum atomic E-state index is 13.3. The molecule has 3 fully saturated rings. The van der Waals surface area contributed by atoms with E-state index in [4.69, 9.17) is 9.47 Å². The van der Waals surface area contributed by atoms with Gasteiger partial charge < -0.3 is 18.9 Å². The first-order valence-electron chi connectivity index (χ1n) is 9.22. The second-order valence-corrected chi connectivity index (χ2v) is 7.42. The van der Waals surface area contributed by atoms with E-state index < -0.39 is 0 Å². The monoisotopic (exact) mass is 333 g/mol. The average molecular weight is 333 g/mol. The molecule has 2 atom stereocenters. The number of imidazole rings is 1. The van der Waals surface area contributed by atoms with Crippen molar-refractivity contribution >= 4 is 5.91 Å². The minimum absolute atomic E-state index is 0.125. The van der Waals surface area contributed by atoms with E-state index >= 15 is 0 Å². The van der Waals surface area contributed by atoms with Crippen molar-refractivity contribution in [1.29, 1.82) is 0 Å². The minimum atomic E-state index is -0.222. The molecular weight excluding hydrogens is 306 g/mol. The summed E-state index contributed by atoms with van der Waals surface area (Å²) in [6.07, 6.45) is 7.73. The molecule has 2 saturated heterocycles. The summed E-state index contributed by atoms with van der Waals surface area (Å²) in [6.45, 7) is 6.64. The van der Waals surface area contributed by atoms with Gasteiger partial charge in [-0.1, -0.05) is 0 Å². The first kappa shape index (κ1) is 16.1. The summed E-state index contributed by atoms with van der Waals surface area (Å²) in [4.78, 5) is 19.8. The molecule has 1 aromatic heterocycles. The van der Waals surface area contributed by atoms with E-state index in [2.05, 4.69) is 16.5 Å². The molecule has 4 rings (SSSR count). The van der Waals surface area contributed by atoms with Crippen molar-refractivity contribution in [1.82, 2.24) is 14.5 Å². The quantitative estimate of drug-likeness (QED) is 0.849. The van der Waals surface area contributed by atoms with E-state index in [0.29, 0.717) is 19.8 Å². The van der Waals surface area contributed by atoms with Gasteiger partial charge in [-0.15, -0.1) is 0 Å². The average Bonchev–Trinajstić information content (AvgIpc) is 3.28. The summed E-state index contributed by atoms with van der Waals surface area (Å²) in [5, 5.41) is 0. The van der Waals surface area contributed by atoms with Gasteiger partial charge in [-0.2, -0.15) is 0 Å². The Morgan fingerprint density at radius 1 is 1.42 bits per heavy atom. The molecule has 132 valence electrons. The zero-order chi connectivity index (χ0) is 16.6. The molecule has 3 heterocycles. The number of amides is 1. The molecule has 0 aromatic carbocycles. The Morgan fingerprint density at radius 3 is 3.08 bits per heavy atom. The zero-order valence-corrected chi connectivity index (χ0v) is 14.4. The van der Waals surface area contributed by atoms with Crippen molar-refractivity contribution in [2.45, 2.75) is 45.3 Å². The van der Waals surface area contributed by atoms with Gasteiger partial charge in [-0.05, 0) is 32.6 Å². The third kappa shape index (κ3) is 2.97. The van der Waals surface area contributed by atoms with Crippen molar-refractivity contribution in [3.05, 3.63) is 18.2 Å². The van der Waals surface area contributed by atoms with E-state index in [1.54, 1.807) is 6.20 Å². The van der Waals surface area contributed by atoms with E-state index in [1.165, 1.54) is 12.8 Å². The topological polar surface area (TPSA) is 56.6 Å². The lowest BCUT2D eigenvalue weighted by atomic mass is 9.91. The van der Waals surface area contributed by atoms with Gasteiger partial charge in [-0.3, -0.25) is 4.79 Å². The first-order chi connectivity index (χ1) is 11.7. The summed E-state index contributed by atoms with van der Waals surface area (Å²) in [6, 6.07) is 0. The molecule has 6 heteroatoms. The number of aryl methyl sites for hydroxylation is 1. The van der Waals surface area contributed by atoms with Gasteiger partial charge >= 0.3 is 0 Å². The second-order valence-electron chi connectivity index (χ2n) is 7.42. The lowest BCUT2D eigenvalue weighted by molar-refractivity contribution is -0.146. The number of aromatic nitrogens is 2. The number of hydrogen-bond donors (Lipinski definition) is 0. The minimum Gasteiger partial charge on any atom is -0.379 e. The third-order valence-corrected chi connectivity index (χ3v) is 5.69. The highest BCUT2D eigenvalue weighted by molar-refractivity contribution is 5.79. The van der Waals surface area contributed by atoms with Gasteiger partial charge in [0, 0.05) is 44.0 Å². The van der Waals surface area contributed by atoms with Gasteiger partial charge in [0.1, 0.15) is 11.9 Å². The Labute approximate surface area is 143 Å². The molecule has 24 heavy (non-hydrogen) atoms. The second kappa shape index (κ2) is 6.48. The van der Waals surface area contributed by atoms with Crippen LogP contribution < -0.4 is 0 Å². The van der Waals surface area contributed by atoms with E-state index in [-0.39, 0.29) is 23.3 Å². The number of rotatable bonds is 3. The standard InChI is InChI=1S/C18H27N3O3/c1-2-20-8-7-19-16(20)15-14(4-3-10-24-15)17(22)21-9-11-23-13-18(12-21)5-6-18/h7-8,14-15H,2-6,9-13H2,1H3/t14-,15-/m1/s1. The van der Waals surface area contributed by atoms with Crippen LogP contribution in [0.25, 0.3) is 0 Å². The van der Waals surface area contributed by atoms with Crippen molar-refractivity contribution in [3.8, 4) is 0 Å². The predicted molar refractivity (Wildman–Crippen MR) is 88.4 cm³/mol. The highest BCUT2D eigenvalue weighted by atomic mass is 16.5. The number of hydrogen-bond acceptors (Lipinski definition) is 4. The van der Waals surface area contributed by atoms with Crippen LogP contribution in [0.5, 0.6) is 0 Å². The zero-order valence-electron chi connectivity index (χ0n) is 14.4. The maximum Gasteiger partial charge on any atom is 0.228 e. The molecule has 0 radical (unpaired) electrons. The van der Waals surface area contributed by atoms with E-state index in [9.17, 15) is 4.79 Å². The van der Waals surface area contributed by atoms with Crippen molar-refractivity contribution < 1.29 is 14.3 Å². The SMILES string of the molecule is CCn1ccnc1[C@@H]1OCCC[C@H]1C(=O)N1CCOCC2(CC2)C1. The van der Waals surface area contributed by atoms with Crippen LogP contribution in [0.3, 0.4) is 0 Å². The highest BCUT2D eigenvalue weighted by Crippen LogP contribution is 2.47. The van der Waals surface area contributed by atoms with Crippen LogP contribution in [0.2, 0.25) is 0 Å². The Bertz CT molecular complexity index is 596. The maximum absolute atomic E-state index is 13.3. The van der Waals surface area contributed by atoms with Crippen LogP contribution in [0, 0.1) is 11.3 Å². The van der Waals surface area contributed by atoms with E-state index in [0.717, 1.165) is 38.4 Å². The molecule has 0 N–H and O–H groups in total. The van der Waals surface area contributed by atoms with E-state index in [1.807, 2.05) is 11.1 Å². The van der Waals surface area contributed by atoms with Crippen LogP contribution in [0.1, 0.15) is 44.5 Å². The smallest absolute Gasteiger partial charge is 0.228 e. The lowest BCUT2D eigenvalue weighted by Crippen LogP contribution is -2.44. The van der Waals surface area contributed by atoms with Crippen LogP contribution >= 0.6 is 0 Å². The molecule has 1 saturated carbocycles. The van der Waals surface area contributed by atoms with Crippen LogP contribution in [-0.4, -0.2) is 53.3 Å². The van der Waals surface area contributed by atoms with Gasteiger partial charge in [0.05, 0.1) is 19.1 Å². The lowest BCUT2D eigenvalue weighted by Gasteiger charge is -2.35. The third-order valence-electron chi connectivity index (χ3n) is 5.69. The predicted octanol–water partition coefficient (Wildman–Crippen LogP) is 2.01. The number of ether oxygens (including phenoxy) is 2. The first-order valence-corrected chi connectivity index (χ1v) is 9.22. The van der Waals surface area contributed by atoms with Crippen molar-refractivity contribution in [3.63, 3.8) is 0 Å². The summed E-state index contributed by atoms with van der Waals surface area (Å²) < 4.78 is 13.8. The van der Waals surface area contributed by atoms with Crippen molar-refractivity contribution in [2.24, 2.45) is 11.3 Å². The summed E-state index contributed by atoms with van der Waals surface area (Å²) in [7, 11) is 0. The fraction of sp³-hybridized carbons (Fsp3) is 0.778. The van der Waals surface area contributed by atoms with Crippen LogP contribution in [-0.2, 0) is 20.8 Å². The molecule has 3 aliphatic rings. The van der Waals surface area contributed by atoms with Gasteiger partial charge in [-0.25, -0.2) is 4.98 Å². The molecule has 0 bridgehead atoms. The molecule has 1 amide bonds. The Morgan fingerprint density at radius 2 is 2.29 bits per heavy atom. The van der Waals surface area contributed by atoms with Crippen LogP contribution in [0.15, 0.2) is 12.4 Å². The summed E-state index contributed by atoms with van der Waals surface area (Å²) in [5.41, 5.74) is 0.235. The largest absolute Gasteiger partial charge is 0.379 e. The Kier molecular flexibility index (Phi) is 4.35. The molecule has 1 spiro atoms. The number of carbonyl (C=O) groups excluding carboxylic acids is 1. The Balaban J connectivity index is 1.54. The normalized spacial score (nSPS) is 29.5. The fourth-order valence-corrected chi connectivity index (χ4v) is 4.03. The van der Waals surface area contributed by atoms with Gasteiger partial charge in [0.2, 0.25) is 5.91 Å². The summed E-state index contributed by atoms with van der Waals surface area (Å²) >= 11 is 0. The summed E-state index contributed by atoms with van der Waals surface area (Å²) in [5.74, 6) is 0.991.